The summed E-state index contributed by atoms with van der Waals surface area (Å²) in [4.78, 5) is 20.0. The Hall–Kier alpha value is -2.34. The number of fused-ring (bicyclic) bond motifs is 1. The first-order valence-corrected chi connectivity index (χ1v) is 8.12. The molecule has 118 valence electrons. The van der Waals surface area contributed by atoms with Crippen molar-refractivity contribution in [3.63, 3.8) is 0 Å². The standard InChI is InChI=1S/C17H16BrN3O2/c18-14-7-2-1-6-13(14)12-19-23-11-5-10-21-16-9-4-3-8-15(16)20-17(21)22/h1-4,6-9,12H,5,10-11H2,(H,20,22)/b19-12-. The highest BCUT2D eigenvalue weighted by Gasteiger charge is 2.04. The van der Waals surface area contributed by atoms with Gasteiger partial charge in [0.2, 0.25) is 0 Å². The fourth-order valence-corrected chi connectivity index (χ4v) is 2.73. The predicted molar refractivity (Wildman–Crippen MR) is 94.9 cm³/mol. The summed E-state index contributed by atoms with van der Waals surface area (Å²) in [6.07, 6.45) is 2.37. The zero-order valence-electron chi connectivity index (χ0n) is 12.4. The number of benzene rings is 2. The number of oxime groups is 1. The second-order valence-corrected chi connectivity index (χ2v) is 5.90. The average molecular weight is 374 g/mol. The normalized spacial score (nSPS) is 11.3. The molecule has 6 heteroatoms. The minimum Gasteiger partial charge on any atom is -0.396 e. The first-order valence-electron chi connectivity index (χ1n) is 7.33. The molecule has 0 aliphatic rings. The molecule has 0 fully saturated rings. The topological polar surface area (TPSA) is 59.4 Å². The van der Waals surface area contributed by atoms with Gasteiger partial charge in [-0.3, -0.25) is 4.57 Å². The average Bonchev–Trinajstić information content (AvgIpc) is 2.88. The number of hydrogen-bond acceptors (Lipinski definition) is 3. The van der Waals surface area contributed by atoms with E-state index >= 15 is 0 Å². The van der Waals surface area contributed by atoms with Crippen molar-refractivity contribution in [1.82, 2.24) is 9.55 Å². The van der Waals surface area contributed by atoms with Crippen molar-refractivity contribution in [1.29, 1.82) is 0 Å². The van der Waals surface area contributed by atoms with E-state index in [9.17, 15) is 4.79 Å². The number of halogens is 1. The van der Waals surface area contributed by atoms with Gasteiger partial charge in [-0.2, -0.15) is 0 Å². The van der Waals surface area contributed by atoms with Crippen LogP contribution < -0.4 is 5.69 Å². The van der Waals surface area contributed by atoms with Crippen LogP contribution in [0.5, 0.6) is 0 Å². The third-order valence-corrected chi connectivity index (χ3v) is 4.19. The number of H-pyrrole nitrogens is 1. The molecule has 0 amide bonds. The zero-order chi connectivity index (χ0) is 16.1. The Kier molecular flexibility index (Phi) is 4.92. The Balaban J connectivity index is 1.53. The second-order valence-electron chi connectivity index (χ2n) is 5.04. The van der Waals surface area contributed by atoms with Crippen LogP contribution in [0.3, 0.4) is 0 Å². The van der Waals surface area contributed by atoms with E-state index in [-0.39, 0.29) is 5.69 Å². The molecule has 0 saturated heterocycles. The summed E-state index contributed by atoms with van der Waals surface area (Å²) >= 11 is 3.45. The molecular weight excluding hydrogens is 358 g/mol. The van der Waals surface area contributed by atoms with Gasteiger partial charge in [-0.05, 0) is 18.2 Å². The summed E-state index contributed by atoms with van der Waals surface area (Å²) in [7, 11) is 0. The summed E-state index contributed by atoms with van der Waals surface area (Å²) < 4.78 is 2.69. The number of aromatic nitrogens is 2. The van der Waals surface area contributed by atoms with Crippen LogP contribution in [0.2, 0.25) is 0 Å². The maximum absolute atomic E-state index is 11.9. The largest absolute Gasteiger partial charge is 0.396 e. The van der Waals surface area contributed by atoms with E-state index in [1.165, 1.54) is 0 Å². The quantitative estimate of drug-likeness (QED) is 0.408. The molecule has 0 atom stereocenters. The van der Waals surface area contributed by atoms with Gasteiger partial charge in [0, 0.05) is 23.0 Å². The van der Waals surface area contributed by atoms with Crippen molar-refractivity contribution < 1.29 is 4.84 Å². The van der Waals surface area contributed by atoms with Gasteiger partial charge in [-0.15, -0.1) is 0 Å². The first-order chi connectivity index (χ1) is 11.3. The van der Waals surface area contributed by atoms with Gasteiger partial charge in [0.1, 0.15) is 6.61 Å². The fourth-order valence-electron chi connectivity index (χ4n) is 2.34. The van der Waals surface area contributed by atoms with E-state index in [0.717, 1.165) is 21.1 Å². The molecule has 1 N–H and O–H groups in total. The SMILES string of the molecule is O=c1[nH]c2ccccc2n1CCCO/N=C\c1ccccc1Br. The second kappa shape index (κ2) is 7.28. The molecule has 1 heterocycles. The monoisotopic (exact) mass is 373 g/mol. The maximum Gasteiger partial charge on any atom is 0.326 e. The third-order valence-electron chi connectivity index (χ3n) is 3.47. The van der Waals surface area contributed by atoms with Crippen molar-refractivity contribution in [3.05, 3.63) is 69.1 Å². The van der Waals surface area contributed by atoms with Gasteiger partial charge in [0.25, 0.3) is 0 Å². The van der Waals surface area contributed by atoms with Crippen LogP contribution in [-0.4, -0.2) is 22.4 Å². The summed E-state index contributed by atoms with van der Waals surface area (Å²) in [5, 5.41) is 3.96. The molecule has 0 aliphatic heterocycles. The fraction of sp³-hybridized carbons (Fsp3) is 0.176. The van der Waals surface area contributed by atoms with Gasteiger partial charge in [0.15, 0.2) is 0 Å². The molecule has 3 aromatic rings. The maximum atomic E-state index is 11.9. The molecule has 0 saturated carbocycles. The lowest BCUT2D eigenvalue weighted by Crippen LogP contribution is -2.17. The van der Waals surface area contributed by atoms with Crippen molar-refractivity contribution in [2.75, 3.05) is 6.61 Å². The van der Waals surface area contributed by atoms with Gasteiger partial charge in [-0.25, -0.2) is 4.79 Å². The number of rotatable bonds is 6. The first kappa shape index (κ1) is 15.6. The minimum absolute atomic E-state index is 0.0945. The van der Waals surface area contributed by atoms with E-state index in [0.29, 0.717) is 19.6 Å². The van der Waals surface area contributed by atoms with Crippen molar-refractivity contribution >= 4 is 33.2 Å². The van der Waals surface area contributed by atoms with Crippen LogP contribution >= 0.6 is 15.9 Å². The Bertz CT molecular complexity index is 883. The Morgan fingerprint density at radius 2 is 1.96 bits per heavy atom. The van der Waals surface area contributed by atoms with Gasteiger partial charge < -0.3 is 9.82 Å². The number of hydrogen-bond donors (Lipinski definition) is 1. The van der Waals surface area contributed by atoms with E-state index in [2.05, 4.69) is 26.1 Å². The lowest BCUT2D eigenvalue weighted by Gasteiger charge is -2.03. The molecule has 0 unspecified atom stereocenters. The number of imidazole rings is 1. The van der Waals surface area contributed by atoms with E-state index in [1.807, 2.05) is 48.5 Å². The molecule has 1 aromatic heterocycles. The summed E-state index contributed by atoms with van der Waals surface area (Å²) in [6, 6.07) is 15.4. The Labute approximate surface area is 141 Å². The predicted octanol–water partition coefficient (Wildman–Crippen LogP) is 3.53. The number of aromatic amines is 1. The Morgan fingerprint density at radius 1 is 1.17 bits per heavy atom. The van der Waals surface area contributed by atoms with Crippen LogP contribution in [0.4, 0.5) is 0 Å². The highest BCUT2D eigenvalue weighted by Crippen LogP contribution is 2.13. The van der Waals surface area contributed by atoms with Gasteiger partial charge in [-0.1, -0.05) is 51.4 Å². The molecule has 2 aromatic carbocycles. The molecule has 23 heavy (non-hydrogen) atoms. The van der Waals surface area contributed by atoms with Crippen LogP contribution in [0.1, 0.15) is 12.0 Å². The van der Waals surface area contributed by atoms with E-state index in [4.69, 9.17) is 4.84 Å². The summed E-state index contributed by atoms with van der Waals surface area (Å²) in [6.45, 7) is 1.04. The number of para-hydroxylation sites is 2. The highest BCUT2D eigenvalue weighted by atomic mass is 79.9. The lowest BCUT2D eigenvalue weighted by atomic mass is 10.2. The molecule has 0 bridgehead atoms. The smallest absolute Gasteiger partial charge is 0.326 e. The molecule has 0 spiro atoms. The molecular formula is C17H16BrN3O2. The van der Waals surface area contributed by atoms with Crippen molar-refractivity contribution in [2.45, 2.75) is 13.0 Å². The van der Waals surface area contributed by atoms with Crippen molar-refractivity contribution in [3.8, 4) is 0 Å². The van der Waals surface area contributed by atoms with Crippen molar-refractivity contribution in [2.24, 2.45) is 5.16 Å². The van der Waals surface area contributed by atoms with E-state index in [1.54, 1.807) is 10.8 Å². The van der Waals surface area contributed by atoms with Gasteiger partial charge in [0.05, 0.1) is 17.2 Å². The molecule has 5 nitrogen and oxygen atoms in total. The van der Waals surface area contributed by atoms with Crippen LogP contribution in [-0.2, 0) is 11.4 Å². The lowest BCUT2D eigenvalue weighted by molar-refractivity contribution is 0.140. The van der Waals surface area contributed by atoms with E-state index < -0.39 is 0 Å². The Morgan fingerprint density at radius 3 is 2.83 bits per heavy atom. The molecule has 3 rings (SSSR count). The summed E-state index contributed by atoms with van der Waals surface area (Å²) in [5.74, 6) is 0. The number of aryl methyl sites for hydroxylation is 1. The third kappa shape index (κ3) is 3.71. The zero-order valence-corrected chi connectivity index (χ0v) is 14.0. The summed E-state index contributed by atoms with van der Waals surface area (Å²) in [5.41, 5.74) is 2.63. The highest BCUT2D eigenvalue weighted by molar-refractivity contribution is 9.10. The number of nitrogens with one attached hydrogen (secondary N) is 1. The van der Waals surface area contributed by atoms with Gasteiger partial charge >= 0.3 is 5.69 Å². The van der Waals surface area contributed by atoms with Crippen LogP contribution in [0.15, 0.2) is 63.0 Å². The number of nitrogens with zero attached hydrogens (tertiary/aromatic N) is 2. The van der Waals surface area contributed by atoms with Crippen LogP contribution in [0, 0.1) is 0 Å². The van der Waals surface area contributed by atoms with Crippen LogP contribution in [0.25, 0.3) is 11.0 Å². The minimum atomic E-state index is -0.0945. The molecule has 0 radical (unpaired) electrons. The molecule has 0 aliphatic carbocycles.